The van der Waals surface area contributed by atoms with Crippen LogP contribution in [-0.4, -0.2) is 73.2 Å². The van der Waals surface area contributed by atoms with E-state index in [0.29, 0.717) is 39.3 Å². The van der Waals surface area contributed by atoms with Crippen LogP contribution in [0.1, 0.15) is 11.1 Å². The molecule has 0 N–H and O–H groups in total. The summed E-state index contributed by atoms with van der Waals surface area (Å²) in [5.74, 6) is 0.0341. The van der Waals surface area contributed by atoms with Crippen LogP contribution in [0.4, 0.5) is 0 Å². The minimum Gasteiger partial charge on any atom is -0.340 e. The van der Waals surface area contributed by atoms with Gasteiger partial charge in [0.25, 0.3) is 0 Å². The van der Waals surface area contributed by atoms with Gasteiger partial charge in [0.1, 0.15) is 4.90 Å². The van der Waals surface area contributed by atoms with Crippen molar-refractivity contribution < 1.29 is 13.2 Å². The molecule has 1 fully saturated rings. The zero-order valence-corrected chi connectivity index (χ0v) is 17.1. The number of aryl methyl sites for hydroxylation is 1. The van der Waals surface area contributed by atoms with Gasteiger partial charge in [0.15, 0.2) is 0 Å². The van der Waals surface area contributed by atoms with E-state index in [4.69, 9.17) is 0 Å². The van der Waals surface area contributed by atoms with E-state index in [9.17, 15) is 13.2 Å². The van der Waals surface area contributed by atoms with Crippen molar-refractivity contribution in [2.75, 3.05) is 39.8 Å². The average molecular weight is 403 g/mol. The van der Waals surface area contributed by atoms with E-state index in [1.807, 2.05) is 36.1 Å². The number of pyridine rings is 1. The van der Waals surface area contributed by atoms with E-state index in [1.54, 1.807) is 30.3 Å². The van der Waals surface area contributed by atoms with Gasteiger partial charge in [-0.1, -0.05) is 24.3 Å². The summed E-state index contributed by atoms with van der Waals surface area (Å²) in [6.45, 7) is 4.70. The number of amides is 1. The van der Waals surface area contributed by atoms with Crippen LogP contribution in [-0.2, 0) is 21.4 Å². The van der Waals surface area contributed by atoms with E-state index < -0.39 is 10.0 Å². The molecular formula is C20H26N4O3S. The molecule has 0 spiro atoms. The minimum absolute atomic E-state index is 0.0341. The molecule has 1 aliphatic heterocycles. The van der Waals surface area contributed by atoms with Gasteiger partial charge in [-0.2, -0.15) is 4.31 Å². The molecule has 1 aromatic carbocycles. The third-order valence-corrected chi connectivity index (χ3v) is 6.94. The van der Waals surface area contributed by atoms with E-state index >= 15 is 0 Å². The molecule has 0 saturated carbocycles. The van der Waals surface area contributed by atoms with Crippen molar-refractivity contribution in [1.29, 1.82) is 0 Å². The van der Waals surface area contributed by atoms with Crippen molar-refractivity contribution in [3.63, 3.8) is 0 Å². The summed E-state index contributed by atoms with van der Waals surface area (Å²) in [5.41, 5.74) is 2.29. The van der Waals surface area contributed by atoms with E-state index in [1.165, 1.54) is 10.5 Å². The van der Waals surface area contributed by atoms with Gasteiger partial charge in [-0.15, -0.1) is 0 Å². The SMILES string of the molecule is Cc1ccccc1CN(C)C(=O)CN1CCN(S(=O)(=O)c2cccnc2)CC1. The molecule has 1 aromatic heterocycles. The van der Waals surface area contributed by atoms with E-state index in [0.717, 1.165) is 11.1 Å². The monoisotopic (exact) mass is 402 g/mol. The topological polar surface area (TPSA) is 73.8 Å². The summed E-state index contributed by atoms with van der Waals surface area (Å²) in [4.78, 5) is 20.4. The molecule has 0 atom stereocenters. The van der Waals surface area contributed by atoms with E-state index in [-0.39, 0.29) is 10.8 Å². The number of hydrogen-bond acceptors (Lipinski definition) is 5. The Bertz CT molecular complexity index is 910. The summed E-state index contributed by atoms with van der Waals surface area (Å²) in [6.07, 6.45) is 2.92. The van der Waals surface area contributed by atoms with Gasteiger partial charge in [-0.3, -0.25) is 14.7 Å². The van der Waals surface area contributed by atoms with Crippen molar-refractivity contribution in [2.45, 2.75) is 18.4 Å². The highest BCUT2D eigenvalue weighted by molar-refractivity contribution is 7.89. The number of rotatable bonds is 6. The number of carbonyl (C=O) groups excluding carboxylic acids is 1. The molecule has 0 aliphatic carbocycles. The second-order valence-corrected chi connectivity index (χ2v) is 8.98. The predicted octanol–water partition coefficient (Wildman–Crippen LogP) is 1.35. The van der Waals surface area contributed by atoms with Crippen molar-refractivity contribution in [3.8, 4) is 0 Å². The Labute approximate surface area is 166 Å². The molecule has 0 bridgehead atoms. The average Bonchev–Trinajstić information content (AvgIpc) is 2.70. The first kappa shape index (κ1) is 20.4. The normalized spacial score (nSPS) is 16.1. The number of carbonyl (C=O) groups is 1. The maximum absolute atomic E-state index is 12.7. The summed E-state index contributed by atoms with van der Waals surface area (Å²) in [6, 6.07) is 11.2. The van der Waals surface area contributed by atoms with Crippen molar-refractivity contribution in [3.05, 3.63) is 59.9 Å². The molecule has 8 heteroatoms. The highest BCUT2D eigenvalue weighted by Crippen LogP contribution is 2.16. The van der Waals surface area contributed by atoms with Crippen molar-refractivity contribution >= 4 is 15.9 Å². The van der Waals surface area contributed by atoms with E-state index in [2.05, 4.69) is 4.98 Å². The van der Waals surface area contributed by atoms with Gasteiger partial charge in [0.05, 0.1) is 6.54 Å². The Morgan fingerprint density at radius 3 is 2.46 bits per heavy atom. The largest absolute Gasteiger partial charge is 0.340 e. The lowest BCUT2D eigenvalue weighted by Gasteiger charge is -2.34. The maximum atomic E-state index is 12.7. The first-order valence-electron chi connectivity index (χ1n) is 9.29. The van der Waals surface area contributed by atoms with Gasteiger partial charge in [0, 0.05) is 52.2 Å². The summed E-state index contributed by atoms with van der Waals surface area (Å²) >= 11 is 0. The minimum atomic E-state index is -3.53. The van der Waals surface area contributed by atoms with Gasteiger partial charge >= 0.3 is 0 Å². The second kappa shape index (κ2) is 8.81. The highest BCUT2D eigenvalue weighted by Gasteiger charge is 2.29. The lowest BCUT2D eigenvalue weighted by molar-refractivity contribution is -0.131. The number of piperazine rings is 1. The quantitative estimate of drug-likeness (QED) is 0.729. The van der Waals surface area contributed by atoms with Crippen LogP contribution >= 0.6 is 0 Å². The Morgan fingerprint density at radius 1 is 1.11 bits per heavy atom. The zero-order chi connectivity index (χ0) is 20.1. The van der Waals surface area contributed by atoms with Crippen molar-refractivity contribution in [1.82, 2.24) is 19.1 Å². The van der Waals surface area contributed by atoms with Gasteiger partial charge in [-0.25, -0.2) is 8.42 Å². The Kier molecular flexibility index (Phi) is 6.43. The molecule has 0 unspecified atom stereocenters. The fourth-order valence-electron chi connectivity index (χ4n) is 3.22. The first-order valence-corrected chi connectivity index (χ1v) is 10.7. The molecular weight excluding hydrogens is 376 g/mol. The standard InChI is InChI=1S/C20H26N4O3S/c1-17-6-3-4-7-18(17)15-22(2)20(25)16-23-10-12-24(13-11-23)28(26,27)19-8-5-9-21-14-19/h3-9,14H,10-13,15-16H2,1-2H3. The van der Waals surface area contributed by atoms with Gasteiger partial charge in [0.2, 0.25) is 15.9 Å². The molecule has 2 aromatic rings. The number of sulfonamides is 1. The second-order valence-electron chi connectivity index (χ2n) is 7.05. The molecule has 2 heterocycles. The summed E-state index contributed by atoms with van der Waals surface area (Å²) < 4.78 is 26.8. The van der Waals surface area contributed by atoms with Gasteiger partial charge in [-0.05, 0) is 30.2 Å². The Hall–Kier alpha value is -2.29. The van der Waals surface area contributed by atoms with Crippen LogP contribution < -0.4 is 0 Å². The lowest BCUT2D eigenvalue weighted by Crippen LogP contribution is -2.51. The van der Waals surface area contributed by atoms with Crippen molar-refractivity contribution in [2.24, 2.45) is 0 Å². The number of aromatic nitrogens is 1. The fourth-order valence-corrected chi connectivity index (χ4v) is 4.61. The molecule has 1 saturated heterocycles. The summed E-state index contributed by atoms with van der Waals surface area (Å²) in [5, 5.41) is 0. The molecule has 1 amide bonds. The number of likely N-dealkylation sites (N-methyl/N-ethyl adjacent to an activating group) is 1. The molecule has 0 radical (unpaired) electrons. The van der Waals surface area contributed by atoms with Crippen LogP contribution in [0.15, 0.2) is 53.7 Å². The predicted molar refractivity (Wildman–Crippen MR) is 107 cm³/mol. The molecule has 150 valence electrons. The molecule has 1 aliphatic rings. The fraction of sp³-hybridized carbons (Fsp3) is 0.400. The van der Waals surface area contributed by atoms with Crippen LogP contribution in [0, 0.1) is 6.92 Å². The maximum Gasteiger partial charge on any atom is 0.244 e. The number of hydrogen-bond donors (Lipinski definition) is 0. The number of nitrogens with zero attached hydrogens (tertiary/aromatic N) is 4. The van der Waals surface area contributed by atoms with Crippen LogP contribution in [0.5, 0.6) is 0 Å². The Morgan fingerprint density at radius 2 is 1.82 bits per heavy atom. The van der Waals surface area contributed by atoms with Gasteiger partial charge < -0.3 is 4.90 Å². The molecule has 28 heavy (non-hydrogen) atoms. The smallest absolute Gasteiger partial charge is 0.244 e. The summed E-state index contributed by atoms with van der Waals surface area (Å²) in [7, 11) is -1.72. The van der Waals surface area contributed by atoms with Crippen LogP contribution in [0.3, 0.4) is 0 Å². The van der Waals surface area contributed by atoms with Crippen LogP contribution in [0.2, 0.25) is 0 Å². The zero-order valence-electron chi connectivity index (χ0n) is 16.3. The first-order chi connectivity index (χ1) is 13.4. The highest BCUT2D eigenvalue weighted by atomic mass is 32.2. The van der Waals surface area contributed by atoms with Crippen LogP contribution in [0.25, 0.3) is 0 Å². The lowest BCUT2D eigenvalue weighted by atomic mass is 10.1. The molecule has 3 rings (SSSR count). The Balaban J connectivity index is 1.52. The molecule has 7 nitrogen and oxygen atoms in total. The third-order valence-electron chi connectivity index (χ3n) is 5.06. The number of benzene rings is 1. The third kappa shape index (κ3) is 4.76.